The highest BCUT2D eigenvalue weighted by Gasteiger charge is 2.26. The first kappa shape index (κ1) is 18.1. The molecule has 0 aliphatic carbocycles. The number of hydrogen-bond acceptors (Lipinski definition) is 4. The molecule has 0 radical (unpaired) electrons. The molecule has 6 heteroatoms. The molecule has 2 heterocycles. The lowest BCUT2D eigenvalue weighted by Crippen LogP contribution is -2.07. The molecule has 5 nitrogen and oxygen atoms in total. The maximum absolute atomic E-state index is 13.4. The number of rotatable bonds is 5. The molecule has 0 saturated carbocycles. The van der Waals surface area contributed by atoms with E-state index >= 15 is 0 Å². The van der Waals surface area contributed by atoms with Gasteiger partial charge in [0.25, 0.3) is 0 Å². The Morgan fingerprint density at radius 2 is 1.93 bits per heavy atom. The summed E-state index contributed by atoms with van der Waals surface area (Å²) in [5, 5.41) is 1.40. The van der Waals surface area contributed by atoms with E-state index in [4.69, 9.17) is 13.9 Å². The number of halogens is 1. The van der Waals surface area contributed by atoms with Crippen molar-refractivity contribution in [2.45, 2.75) is 26.9 Å². The molecular formula is C22H20FNO4. The van der Waals surface area contributed by atoms with Crippen LogP contribution in [-0.4, -0.2) is 23.7 Å². The lowest BCUT2D eigenvalue weighted by Gasteiger charge is -2.11. The number of hydrogen-bond donors (Lipinski definition) is 1. The second-order valence-corrected chi connectivity index (χ2v) is 6.72. The number of aromatic amines is 1. The van der Waals surface area contributed by atoms with E-state index in [1.165, 1.54) is 12.1 Å². The summed E-state index contributed by atoms with van der Waals surface area (Å²) >= 11 is 0. The van der Waals surface area contributed by atoms with Gasteiger partial charge in [0.2, 0.25) is 0 Å². The largest absolute Gasteiger partial charge is 0.489 e. The van der Waals surface area contributed by atoms with Crippen LogP contribution >= 0.6 is 0 Å². The fourth-order valence-electron chi connectivity index (χ4n) is 3.30. The highest BCUT2D eigenvalue weighted by Crippen LogP contribution is 2.41. The zero-order valence-electron chi connectivity index (χ0n) is 15.8. The molecule has 4 rings (SSSR count). The summed E-state index contributed by atoms with van der Waals surface area (Å²) in [6, 6.07) is 9.48. The van der Waals surface area contributed by atoms with Crippen LogP contribution in [0.3, 0.4) is 0 Å². The predicted molar refractivity (Wildman–Crippen MR) is 105 cm³/mol. The van der Waals surface area contributed by atoms with Crippen LogP contribution in [0.2, 0.25) is 0 Å². The predicted octanol–water partition coefficient (Wildman–Crippen LogP) is 5.68. The van der Waals surface area contributed by atoms with Crippen LogP contribution in [0.25, 0.3) is 33.2 Å². The Labute approximate surface area is 161 Å². The lowest BCUT2D eigenvalue weighted by atomic mass is 10.0. The fourth-order valence-corrected chi connectivity index (χ4v) is 3.30. The van der Waals surface area contributed by atoms with Gasteiger partial charge < -0.3 is 18.9 Å². The molecule has 144 valence electrons. The SMILES string of the molecule is CCOC(=O)c1c(-c2ccc(F)cc2)oc2c1cc(OC(C)C)c1[nH]ccc12. The monoisotopic (exact) mass is 381 g/mol. The maximum Gasteiger partial charge on any atom is 0.342 e. The van der Waals surface area contributed by atoms with Crippen molar-refractivity contribution in [3.05, 3.63) is 54.0 Å². The molecular weight excluding hydrogens is 361 g/mol. The molecule has 0 spiro atoms. The molecule has 2 aromatic carbocycles. The van der Waals surface area contributed by atoms with Crippen molar-refractivity contribution in [2.24, 2.45) is 0 Å². The number of carbonyl (C=O) groups excluding carboxylic acids is 1. The van der Waals surface area contributed by atoms with Crippen molar-refractivity contribution in [2.75, 3.05) is 6.61 Å². The van der Waals surface area contributed by atoms with Gasteiger partial charge in [0.15, 0.2) is 0 Å². The van der Waals surface area contributed by atoms with Gasteiger partial charge in [0.05, 0.1) is 18.2 Å². The summed E-state index contributed by atoms with van der Waals surface area (Å²) in [5.41, 5.74) is 2.24. The number of benzene rings is 2. The average molecular weight is 381 g/mol. The third-order valence-electron chi connectivity index (χ3n) is 4.41. The molecule has 28 heavy (non-hydrogen) atoms. The molecule has 0 unspecified atom stereocenters. The Bertz CT molecular complexity index is 1150. The van der Waals surface area contributed by atoms with Gasteiger partial charge in [0.1, 0.15) is 28.5 Å². The minimum atomic E-state index is -0.494. The number of ether oxygens (including phenoxy) is 2. The van der Waals surface area contributed by atoms with E-state index in [2.05, 4.69) is 4.98 Å². The smallest absolute Gasteiger partial charge is 0.342 e. The van der Waals surface area contributed by atoms with Gasteiger partial charge >= 0.3 is 5.97 Å². The second-order valence-electron chi connectivity index (χ2n) is 6.72. The number of H-pyrrole nitrogens is 1. The normalized spacial score (nSPS) is 11.5. The van der Waals surface area contributed by atoms with E-state index in [0.717, 1.165) is 10.9 Å². The topological polar surface area (TPSA) is 64.5 Å². The van der Waals surface area contributed by atoms with Crippen LogP contribution in [-0.2, 0) is 4.74 Å². The van der Waals surface area contributed by atoms with Gasteiger partial charge in [-0.15, -0.1) is 0 Å². The number of furan rings is 1. The van der Waals surface area contributed by atoms with Crippen molar-refractivity contribution in [3.63, 3.8) is 0 Å². The zero-order chi connectivity index (χ0) is 19.8. The number of nitrogens with one attached hydrogen (secondary N) is 1. The van der Waals surface area contributed by atoms with Gasteiger partial charge in [-0.25, -0.2) is 9.18 Å². The highest BCUT2D eigenvalue weighted by molar-refractivity contribution is 6.16. The number of fused-ring (bicyclic) bond motifs is 3. The fraction of sp³-hybridized carbons (Fsp3) is 0.227. The average Bonchev–Trinajstić information content (AvgIpc) is 3.27. The number of esters is 1. The van der Waals surface area contributed by atoms with E-state index in [1.807, 2.05) is 19.9 Å². The van der Waals surface area contributed by atoms with Gasteiger partial charge in [0, 0.05) is 22.5 Å². The summed E-state index contributed by atoms with van der Waals surface area (Å²) in [6.07, 6.45) is 1.75. The summed E-state index contributed by atoms with van der Waals surface area (Å²) in [5.74, 6) is 0.112. The van der Waals surface area contributed by atoms with E-state index in [0.29, 0.717) is 33.6 Å². The Balaban J connectivity index is 2.05. The van der Waals surface area contributed by atoms with Crippen LogP contribution in [0.1, 0.15) is 31.1 Å². The van der Waals surface area contributed by atoms with E-state index < -0.39 is 5.97 Å². The van der Waals surface area contributed by atoms with Crippen molar-refractivity contribution in [1.82, 2.24) is 4.98 Å². The molecule has 0 saturated heterocycles. The van der Waals surface area contributed by atoms with Crippen LogP contribution < -0.4 is 4.74 Å². The molecule has 0 amide bonds. The molecule has 1 N–H and O–H groups in total. The van der Waals surface area contributed by atoms with Crippen LogP contribution in [0.15, 0.2) is 47.0 Å². The van der Waals surface area contributed by atoms with Crippen molar-refractivity contribution < 1.29 is 23.1 Å². The van der Waals surface area contributed by atoms with Crippen LogP contribution in [0.4, 0.5) is 4.39 Å². The minimum Gasteiger partial charge on any atom is -0.489 e. The molecule has 4 aromatic rings. The number of carbonyl (C=O) groups is 1. The van der Waals surface area contributed by atoms with Crippen molar-refractivity contribution in [1.29, 1.82) is 0 Å². The first-order chi connectivity index (χ1) is 13.5. The van der Waals surface area contributed by atoms with Gasteiger partial charge in [-0.05, 0) is 57.2 Å². The lowest BCUT2D eigenvalue weighted by molar-refractivity contribution is 0.0529. The Hall–Kier alpha value is -3.28. The highest BCUT2D eigenvalue weighted by atomic mass is 19.1. The Morgan fingerprint density at radius 1 is 1.18 bits per heavy atom. The van der Waals surface area contributed by atoms with E-state index in [-0.39, 0.29) is 18.5 Å². The molecule has 0 fully saturated rings. The van der Waals surface area contributed by atoms with Gasteiger partial charge in [-0.2, -0.15) is 0 Å². The standard InChI is InChI=1S/C22H20FNO4/c1-4-26-22(25)18-16-11-17(27-12(2)3)19-15(9-10-24-19)21(16)28-20(18)13-5-7-14(23)8-6-13/h5-12,24H,4H2,1-3H3. The summed E-state index contributed by atoms with van der Waals surface area (Å²) in [4.78, 5) is 15.9. The Morgan fingerprint density at radius 3 is 2.61 bits per heavy atom. The first-order valence-electron chi connectivity index (χ1n) is 9.16. The van der Waals surface area contributed by atoms with Crippen LogP contribution in [0.5, 0.6) is 5.75 Å². The van der Waals surface area contributed by atoms with E-state index in [9.17, 15) is 9.18 Å². The van der Waals surface area contributed by atoms with Gasteiger partial charge in [-0.3, -0.25) is 0 Å². The molecule has 2 aromatic heterocycles. The summed E-state index contributed by atoms with van der Waals surface area (Å²) < 4.78 is 30.7. The summed E-state index contributed by atoms with van der Waals surface area (Å²) in [6.45, 7) is 5.85. The summed E-state index contributed by atoms with van der Waals surface area (Å²) in [7, 11) is 0. The minimum absolute atomic E-state index is 0.0431. The third kappa shape index (κ3) is 3.01. The number of aromatic nitrogens is 1. The molecule has 0 bridgehead atoms. The molecule has 0 aliphatic heterocycles. The van der Waals surface area contributed by atoms with Crippen LogP contribution in [0, 0.1) is 5.82 Å². The Kier molecular flexibility index (Phi) is 4.55. The maximum atomic E-state index is 13.4. The third-order valence-corrected chi connectivity index (χ3v) is 4.41. The quantitative estimate of drug-likeness (QED) is 0.452. The molecule has 0 aliphatic rings. The second kappa shape index (κ2) is 7.03. The van der Waals surface area contributed by atoms with E-state index in [1.54, 1.807) is 31.3 Å². The van der Waals surface area contributed by atoms with Gasteiger partial charge in [-0.1, -0.05) is 0 Å². The van der Waals surface area contributed by atoms with Crippen molar-refractivity contribution >= 4 is 27.8 Å². The first-order valence-corrected chi connectivity index (χ1v) is 9.16. The molecule has 0 atom stereocenters. The van der Waals surface area contributed by atoms with Crippen molar-refractivity contribution in [3.8, 4) is 17.1 Å². The zero-order valence-corrected chi connectivity index (χ0v) is 15.8.